The summed E-state index contributed by atoms with van der Waals surface area (Å²) in [6.07, 6.45) is 1.59. The molecule has 0 radical (unpaired) electrons. The maximum Gasteiger partial charge on any atom is 0.335 e. The zero-order chi connectivity index (χ0) is 16.8. The lowest BCUT2D eigenvalue weighted by Gasteiger charge is -2.22. The minimum atomic E-state index is -0.961. The van der Waals surface area contributed by atoms with Crippen molar-refractivity contribution in [1.29, 1.82) is 0 Å². The predicted octanol–water partition coefficient (Wildman–Crippen LogP) is 1.93. The summed E-state index contributed by atoms with van der Waals surface area (Å²) in [4.78, 5) is 24.7. The molecule has 1 saturated heterocycles. The third kappa shape index (κ3) is 5.04. The van der Waals surface area contributed by atoms with Crippen LogP contribution in [-0.2, 0) is 20.8 Å². The van der Waals surface area contributed by atoms with Crippen LogP contribution < -0.4 is 0 Å². The Bertz CT molecular complexity index is 536. The molecular weight excluding hydrogens is 298 g/mol. The van der Waals surface area contributed by atoms with E-state index in [-0.39, 0.29) is 17.6 Å². The molecule has 126 valence electrons. The number of carboxylic acids is 1. The van der Waals surface area contributed by atoms with Crippen molar-refractivity contribution in [2.45, 2.75) is 38.5 Å². The molecular formula is C17H23NO5. The highest BCUT2D eigenvalue weighted by Gasteiger charge is 2.22. The predicted molar refractivity (Wildman–Crippen MR) is 84.3 cm³/mol. The molecule has 0 spiro atoms. The fourth-order valence-electron chi connectivity index (χ4n) is 2.51. The van der Waals surface area contributed by atoms with E-state index in [0.717, 1.165) is 25.0 Å². The van der Waals surface area contributed by atoms with Gasteiger partial charge in [-0.1, -0.05) is 12.1 Å². The Hall–Kier alpha value is -1.92. The number of likely N-dealkylation sites (N-methyl/N-ethyl adjacent to an activating group) is 1. The lowest BCUT2D eigenvalue weighted by Crippen LogP contribution is -2.37. The van der Waals surface area contributed by atoms with E-state index >= 15 is 0 Å². The summed E-state index contributed by atoms with van der Waals surface area (Å²) in [5.74, 6) is -1.07. The molecule has 1 aromatic rings. The van der Waals surface area contributed by atoms with E-state index in [0.29, 0.717) is 13.2 Å². The first-order valence-corrected chi connectivity index (χ1v) is 7.78. The quantitative estimate of drug-likeness (QED) is 0.830. The minimum Gasteiger partial charge on any atom is -0.478 e. The van der Waals surface area contributed by atoms with Crippen LogP contribution >= 0.6 is 0 Å². The molecule has 0 aromatic heterocycles. The van der Waals surface area contributed by atoms with E-state index < -0.39 is 12.1 Å². The van der Waals surface area contributed by atoms with Crippen LogP contribution in [0.4, 0.5) is 0 Å². The van der Waals surface area contributed by atoms with Crippen LogP contribution in [0.1, 0.15) is 35.7 Å². The maximum absolute atomic E-state index is 12.3. The summed E-state index contributed by atoms with van der Waals surface area (Å²) in [5, 5.41) is 8.88. The number of benzene rings is 1. The second-order valence-electron chi connectivity index (χ2n) is 5.81. The topological polar surface area (TPSA) is 76.1 Å². The number of hydrogen-bond donors (Lipinski definition) is 1. The van der Waals surface area contributed by atoms with Crippen molar-refractivity contribution in [2.24, 2.45) is 0 Å². The second kappa shape index (κ2) is 8.08. The first-order valence-electron chi connectivity index (χ1n) is 7.78. The van der Waals surface area contributed by atoms with Gasteiger partial charge in [0.2, 0.25) is 0 Å². The van der Waals surface area contributed by atoms with Crippen LogP contribution in [0.25, 0.3) is 0 Å². The van der Waals surface area contributed by atoms with Gasteiger partial charge in [0.1, 0.15) is 6.10 Å². The molecule has 1 amide bonds. The van der Waals surface area contributed by atoms with Gasteiger partial charge in [0.25, 0.3) is 5.91 Å². The summed E-state index contributed by atoms with van der Waals surface area (Å²) in [5.41, 5.74) is 1.10. The highest BCUT2D eigenvalue weighted by atomic mass is 16.5. The van der Waals surface area contributed by atoms with Crippen LogP contribution in [0.3, 0.4) is 0 Å². The van der Waals surface area contributed by atoms with E-state index in [4.69, 9.17) is 14.6 Å². The molecule has 6 nitrogen and oxygen atoms in total. The summed E-state index contributed by atoms with van der Waals surface area (Å²) >= 11 is 0. The van der Waals surface area contributed by atoms with Crippen molar-refractivity contribution in [3.05, 3.63) is 35.4 Å². The molecule has 1 aliphatic heterocycles. The molecule has 2 atom stereocenters. The number of ether oxygens (including phenoxy) is 2. The van der Waals surface area contributed by atoms with E-state index in [2.05, 4.69) is 0 Å². The zero-order valence-corrected chi connectivity index (χ0v) is 13.5. The molecule has 1 aromatic carbocycles. The standard InChI is InChI=1S/C17H23NO5/c1-12(23-11-15-4-3-9-22-15)16(19)18(2)10-13-5-7-14(8-6-13)17(20)21/h5-8,12,15H,3-4,9-11H2,1-2H3,(H,20,21)/t12-,15+/m1/s1. The molecule has 23 heavy (non-hydrogen) atoms. The maximum atomic E-state index is 12.3. The molecule has 0 saturated carbocycles. The Labute approximate surface area is 136 Å². The monoisotopic (exact) mass is 321 g/mol. The number of carboxylic acid groups (broad SMARTS) is 1. The van der Waals surface area contributed by atoms with Crippen molar-refractivity contribution >= 4 is 11.9 Å². The van der Waals surface area contributed by atoms with Crippen LogP contribution in [0, 0.1) is 0 Å². The van der Waals surface area contributed by atoms with Gasteiger partial charge in [-0.15, -0.1) is 0 Å². The smallest absolute Gasteiger partial charge is 0.335 e. The van der Waals surface area contributed by atoms with Gasteiger partial charge < -0.3 is 19.5 Å². The van der Waals surface area contributed by atoms with Crippen molar-refractivity contribution in [1.82, 2.24) is 4.90 Å². The summed E-state index contributed by atoms with van der Waals surface area (Å²) in [6.45, 7) is 3.35. The van der Waals surface area contributed by atoms with Crippen molar-refractivity contribution in [3.8, 4) is 0 Å². The van der Waals surface area contributed by atoms with Gasteiger partial charge in [0.05, 0.1) is 18.3 Å². The fourth-order valence-corrected chi connectivity index (χ4v) is 2.51. The van der Waals surface area contributed by atoms with E-state index in [1.165, 1.54) is 12.1 Å². The van der Waals surface area contributed by atoms with Gasteiger partial charge in [0.15, 0.2) is 0 Å². The highest BCUT2D eigenvalue weighted by Crippen LogP contribution is 2.14. The number of nitrogens with zero attached hydrogens (tertiary/aromatic N) is 1. The molecule has 0 bridgehead atoms. The van der Waals surface area contributed by atoms with Crippen LogP contribution in [-0.4, -0.2) is 54.4 Å². The highest BCUT2D eigenvalue weighted by molar-refractivity contribution is 5.87. The van der Waals surface area contributed by atoms with Gasteiger partial charge >= 0.3 is 5.97 Å². The third-order valence-electron chi connectivity index (χ3n) is 3.90. The molecule has 1 aliphatic rings. The van der Waals surface area contributed by atoms with Gasteiger partial charge in [-0.05, 0) is 37.5 Å². The Morgan fingerprint density at radius 2 is 2.09 bits per heavy atom. The van der Waals surface area contributed by atoms with E-state index in [9.17, 15) is 9.59 Å². The first-order chi connectivity index (χ1) is 11.0. The van der Waals surface area contributed by atoms with Gasteiger partial charge in [-0.2, -0.15) is 0 Å². The summed E-state index contributed by atoms with van der Waals surface area (Å²) < 4.78 is 11.1. The van der Waals surface area contributed by atoms with E-state index in [1.54, 1.807) is 31.0 Å². The number of hydrogen-bond acceptors (Lipinski definition) is 4. The van der Waals surface area contributed by atoms with Crippen molar-refractivity contribution in [2.75, 3.05) is 20.3 Å². The molecule has 1 heterocycles. The molecule has 6 heteroatoms. The first kappa shape index (κ1) is 17.4. The molecule has 2 rings (SSSR count). The number of amides is 1. The van der Waals surface area contributed by atoms with Crippen LogP contribution in [0.5, 0.6) is 0 Å². The van der Waals surface area contributed by atoms with Crippen molar-refractivity contribution in [3.63, 3.8) is 0 Å². The lowest BCUT2D eigenvalue weighted by molar-refractivity contribution is -0.143. The summed E-state index contributed by atoms with van der Waals surface area (Å²) in [6, 6.07) is 6.50. The molecule has 1 fully saturated rings. The Kier molecular flexibility index (Phi) is 6.12. The average molecular weight is 321 g/mol. The van der Waals surface area contributed by atoms with Crippen LogP contribution in [0.15, 0.2) is 24.3 Å². The second-order valence-corrected chi connectivity index (χ2v) is 5.81. The largest absolute Gasteiger partial charge is 0.478 e. The number of rotatable bonds is 7. The minimum absolute atomic E-state index is 0.0964. The van der Waals surface area contributed by atoms with Gasteiger partial charge in [0, 0.05) is 20.2 Å². The number of aromatic carboxylic acids is 1. The molecule has 0 unspecified atom stereocenters. The van der Waals surface area contributed by atoms with Crippen molar-refractivity contribution < 1.29 is 24.2 Å². The lowest BCUT2D eigenvalue weighted by atomic mass is 10.1. The van der Waals surface area contributed by atoms with Gasteiger partial charge in [-0.25, -0.2) is 4.79 Å². The number of carbonyl (C=O) groups is 2. The summed E-state index contributed by atoms with van der Waals surface area (Å²) in [7, 11) is 1.71. The fraction of sp³-hybridized carbons (Fsp3) is 0.529. The Morgan fingerprint density at radius 3 is 2.65 bits per heavy atom. The van der Waals surface area contributed by atoms with Crippen LogP contribution in [0.2, 0.25) is 0 Å². The average Bonchev–Trinajstić information content (AvgIpc) is 3.05. The van der Waals surface area contributed by atoms with E-state index in [1.807, 2.05) is 0 Å². The SMILES string of the molecule is C[C@@H](OC[C@@H]1CCCO1)C(=O)N(C)Cc1ccc(C(=O)O)cc1. The molecule has 1 N–H and O–H groups in total. The number of carbonyl (C=O) groups excluding carboxylic acids is 1. The normalized spacial score (nSPS) is 18.6. The Morgan fingerprint density at radius 1 is 1.39 bits per heavy atom. The Balaban J connectivity index is 1.82. The van der Waals surface area contributed by atoms with Gasteiger partial charge in [-0.3, -0.25) is 4.79 Å². The zero-order valence-electron chi connectivity index (χ0n) is 13.5. The molecule has 0 aliphatic carbocycles. The third-order valence-corrected chi connectivity index (χ3v) is 3.90.